The van der Waals surface area contributed by atoms with Crippen LogP contribution in [0.2, 0.25) is 0 Å². The van der Waals surface area contributed by atoms with Crippen LogP contribution in [0, 0.1) is 3.57 Å². The topological polar surface area (TPSA) is 53.1 Å². The zero-order chi connectivity index (χ0) is 15.1. The van der Waals surface area contributed by atoms with Crippen molar-refractivity contribution in [2.45, 2.75) is 6.92 Å². The van der Waals surface area contributed by atoms with Crippen molar-refractivity contribution in [3.8, 4) is 0 Å². The maximum absolute atomic E-state index is 4.80. The molecule has 0 bridgehead atoms. The number of rotatable bonds is 1. The number of hydrogen-bond donors (Lipinski definition) is 2. The SMILES string of the molecule is CC1=CNc2c(cc(I)c3[nH]ncc23)C(c2ccccc2)=N1. The first-order chi connectivity index (χ1) is 10.7. The van der Waals surface area contributed by atoms with Crippen molar-refractivity contribution in [3.63, 3.8) is 0 Å². The van der Waals surface area contributed by atoms with Crippen LogP contribution in [0.3, 0.4) is 0 Å². The highest BCUT2D eigenvalue weighted by Gasteiger charge is 2.19. The van der Waals surface area contributed by atoms with E-state index in [9.17, 15) is 0 Å². The normalized spacial score (nSPS) is 13.9. The smallest absolute Gasteiger partial charge is 0.0805 e. The summed E-state index contributed by atoms with van der Waals surface area (Å²) >= 11 is 2.34. The van der Waals surface area contributed by atoms with Gasteiger partial charge in [-0.2, -0.15) is 5.10 Å². The van der Waals surface area contributed by atoms with Gasteiger partial charge in [-0.25, -0.2) is 0 Å². The first kappa shape index (κ1) is 13.5. The Kier molecular flexibility index (Phi) is 3.22. The monoisotopic (exact) mass is 400 g/mol. The van der Waals surface area contributed by atoms with Crippen molar-refractivity contribution in [1.29, 1.82) is 0 Å². The van der Waals surface area contributed by atoms with E-state index >= 15 is 0 Å². The van der Waals surface area contributed by atoms with E-state index in [2.05, 4.69) is 56.3 Å². The van der Waals surface area contributed by atoms with Crippen LogP contribution in [0.1, 0.15) is 18.1 Å². The molecule has 0 aliphatic carbocycles. The van der Waals surface area contributed by atoms with Gasteiger partial charge in [-0.1, -0.05) is 30.3 Å². The third-order valence-corrected chi connectivity index (χ3v) is 4.55. The van der Waals surface area contributed by atoms with E-state index in [1.54, 1.807) is 0 Å². The van der Waals surface area contributed by atoms with E-state index in [4.69, 9.17) is 4.99 Å². The Labute approximate surface area is 141 Å². The van der Waals surface area contributed by atoms with Crippen LogP contribution in [-0.2, 0) is 0 Å². The second kappa shape index (κ2) is 5.24. The Morgan fingerprint density at radius 1 is 1.14 bits per heavy atom. The summed E-state index contributed by atoms with van der Waals surface area (Å²) in [7, 11) is 0. The second-order valence-corrected chi connectivity index (χ2v) is 6.36. The number of aromatic amines is 1. The Morgan fingerprint density at radius 3 is 2.77 bits per heavy atom. The van der Waals surface area contributed by atoms with Gasteiger partial charge in [0.25, 0.3) is 0 Å². The fourth-order valence-electron chi connectivity index (χ4n) is 2.68. The molecule has 2 N–H and O–H groups in total. The van der Waals surface area contributed by atoms with Gasteiger partial charge in [-0.15, -0.1) is 0 Å². The fraction of sp³-hybridized carbons (Fsp3) is 0.0588. The average molecular weight is 400 g/mol. The van der Waals surface area contributed by atoms with Crippen molar-refractivity contribution in [2.75, 3.05) is 5.32 Å². The van der Waals surface area contributed by atoms with Crippen molar-refractivity contribution in [3.05, 3.63) is 69.2 Å². The Hall–Kier alpha value is -2.15. The number of H-pyrrole nitrogens is 1. The molecule has 22 heavy (non-hydrogen) atoms. The van der Waals surface area contributed by atoms with Crippen molar-refractivity contribution >= 4 is 44.9 Å². The maximum Gasteiger partial charge on any atom is 0.0805 e. The number of allylic oxidation sites excluding steroid dienone is 1. The number of hydrogen-bond acceptors (Lipinski definition) is 3. The molecule has 2 heterocycles. The van der Waals surface area contributed by atoms with Gasteiger partial charge in [0, 0.05) is 26.3 Å². The summed E-state index contributed by atoms with van der Waals surface area (Å²) in [6.45, 7) is 2.00. The van der Waals surface area contributed by atoms with Gasteiger partial charge in [-0.3, -0.25) is 10.1 Å². The molecule has 1 aliphatic rings. The van der Waals surface area contributed by atoms with Crippen molar-refractivity contribution in [2.24, 2.45) is 4.99 Å². The van der Waals surface area contributed by atoms with Gasteiger partial charge in [0.05, 0.1) is 28.8 Å². The third-order valence-electron chi connectivity index (χ3n) is 3.70. The minimum Gasteiger partial charge on any atom is -0.359 e. The molecule has 2 aromatic carbocycles. The second-order valence-electron chi connectivity index (χ2n) is 5.20. The molecule has 0 fully saturated rings. The van der Waals surface area contributed by atoms with Gasteiger partial charge in [0.2, 0.25) is 0 Å². The lowest BCUT2D eigenvalue weighted by molar-refractivity contribution is 1.12. The minimum absolute atomic E-state index is 0.946. The van der Waals surface area contributed by atoms with Gasteiger partial charge in [-0.05, 0) is 35.6 Å². The zero-order valence-electron chi connectivity index (χ0n) is 11.9. The predicted molar refractivity (Wildman–Crippen MR) is 98.3 cm³/mol. The molecule has 0 amide bonds. The highest BCUT2D eigenvalue weighted by atomic mass is 127. The number of aromatic nitrogens is 2. The molecule has 5 heteroatoms. The number of halogens is 1. The van der Waals surface area contributed by atoms with Gasteiger partial charge in [0.15, 0.2) is 0 Å². The number of nitrogens with one attached hydrogen (secondary N) is 2. The van der Waals surface area contributed by atoms with Crippen LogP contribution in [0.5, 0.6) is 0 Å². The predicted octanol–water partition coefficient (Wildman–Crippen LogP) is 4.29. The quantitative estimate of drug-likeness (QED) is 0.599. The van der Waals surface area contributed by atoms with Crippen LogP contribution < -0.4 is 5.32 Å². The molecular weight excluding hydrogens is 387 g/mol. The number of fused-ring (bicyclic) bond motifs is 3. The molecule has 0 saturated carbocycles. The summed E-state index contributed by atoms with van der Waals surface area (Å²) in [5.74, 6) is 0. The lowest BCUT2D eigenvalue weighted by atomic mass is 9.99. The molecule has 0 saturated heterocycles. The Balaban J connectivity index is 2.05. The lowest BCUT2D eigenvalue weighted by Crippen LogP contribution is -2.06. The summed E-state index contributed by atoms with van der Waals surface area (Å²) in [6.07, 6.45) is 3.80. The summed E-state index contributed by atoms with van der Waals surface area (Å²) in [5.41, 5.74) is 6.23. The molecule has 0 atom stereocenters. The Morgan fingerprint density at radius 2 is 1.95 bits per heavy atom. The molecule has 1 aromatic heterocycles. The molecular formula is C17H13IN4. The third kappa shape index (κ3) is 2.12. The van der Waals surface area contributed by atoms with Crippen LogP contribution in [0.4, 0.5) is 5.69 Å². The molecule has 4 nitrogen and oxygen atoms in total. The largest absolute Gasteiger partial charge is 0.359 e. The molecule has 108 valence electrons. The highest BCUT2D eigenvalue weighted by molar-refractivity contribution is 14.1. The standard InChI is InChI=1S/C17H13IN4/c1-10-8-19-16-12(7-14(18)17-13(16)9-20-22-17)15(21-10)11-5-3-2-4-6-11/h2-9,19H,1H3,(H,20,22). The number of anilines is 1. The molecule has 0 unspecified atom stereocenters. The summed E-state index contributed by atoms with van der Waals surface area (Å²) in [6, 6.07) is 12.4. The van der Waals surface area contributed by atoms with Gasteiger partial charge >= 0.3 is 0 Å². The molecule has 0 radical (unpaired) electrons. The van der Waals surface area contributed by atoms with Gasteiger partial charge in [0.1, 0.15) is 0 Å². The maximum atomic E-state index is 4.80. The summed E-state index contributed by atoms with van der Waals surface area (Å²) in [4.78, 5) is 4.80. The van der Waals surface area contributed by atoms with E-state index in [0.29, 0.717) is 0 Å². The van der Waals surface area contributed by atoms with E-state index in [0.717, 1.165) is 42.7 Å². The van der Waals surface area contributed by atoms with Crippen LogP contribution in [0.15, 0.2) is 59.5 Å². The van der Waals surface area contributed by atoms with E-state index in [-0.39, 0.29) is 0 Å². The average Bonchev–Trinajstić information content (AvgIpc) is 2.97. The fourth-order valence-corrected chi connectivity index (χ4v) is 3.40. The Bertz CT molecular complexity index is 922. The first-order valence-corrected chi connectivity index (χ1v) is 8.05. The minimum atomic E-state index is 0.946. The number of benzene rings is 2. The first-order valence-electron chi connectivity index (χ1n) is 6.97. The summed E-state index contributed by atoms with van der Waals surface area (Å²) in [5, 5.41) is 11.7. The lowest BCUT2D eigenvalue weighted by Gasteiger charge is -2.12. The van der Waals surface area contributed by atoms with Gasteiger partial charge < -0.3 is 5.32 Å². The molecule has 4 rings (SSSR count). The molecule has 1 aliphatic heterocycles. The highest BCUT2D eigenvalue weighted by Crippen LogP contribution is 2.33. The van der Waals surface area contributed by atoms with E-state index in [1.807, 2.05) is 37.5 Å². The van der Waals surface area contributed by atoms with E-state index in [1.165, 1.54) is 0 Å². The van der Waals surface area contributed by atoms with Crippen LogP contribution in [-0.4, -0.2) is 15.9 Å². The van der Waals surface area contributed by atoms with Crippen molar-refractivity contribution < 1.29 is 0 Å². The molecule has 0 spiro atoms. The molecule has 3 aromatic rings. The van der Waals surface area contributed by atoms with E-state index < -0.39 is 0 Å². The number of nitrogens with zero attached hydrogens (tertiary/aromatic N) is 2. The summed E-state index contributed by atoms with van der Waals surface area (Å²) < 4.78 is 1.13. The van der Waals surface area contributed by atoms with Crippen molar-refractivity contribution in [1.82, 2.24) is 10.2 Å². The van der Waals surface area contributed by atoms with Crippen LogP contribution >= 0.6 is 22.6 Å². The number of aliphatic imine (C=N–C) groups is 1. The van der Waals surface area contributed by atoms with Crippen LogP contribution in [0.25, 0.3) is 10.9 Å². The zero-order valence-corrected chi connectivity index (χ0v) is 14.0.